The molecular formula is C9H18N2. The van der Waals surface area contributed by atoms with Crippen molar-refractivity contribution >= 4 is 0 Å². The van der Waals surface area contributed by atoms with Gasteiger partial charge < -0.3 is 5.32 Å². The van der Waals surface area contributed by atoms with Crippen molar-refractivity contribution in [3.05, 3.63) is 11.6 Å². The fraction of sp³-hybridized carbons (Fsp3) is 0.778. The van der Waals surface area contributed by atoms with Crippen LogP contribution in [0.3, 0.4) is 0 Å². The van der Waals surface area contributed by atoms with Gasteiger partial charge in [0, 0.05) is 32.7 Å². The zero-order valence-electron chi connectivity index (χ0n) is 7.56. The number of nitrogens with one attached hydrogen (secondary N) is 1. The molecule has 64 valence electrons. The van der Waals surface area contributed by atoms with Crippen LogP contribution in [-0.4, -0.2) is 37.6 Å². The van der Waals surface area contributed by atoms with Crippen LogP contribution in [0.4, 0.5) is 0 Å². The topological polar surface area (TPSA) is 15.3 Å². The minimum atomic E-state index is 1.15. The maximum Gasteiger partial charge on any atom is 0.0191 e. The third-order valence-electron chi connectivity index (χ3n) is 2.18. The van der Waals surface area contributed by atoms with Gasteiger partial charge in [0.25, 0.3) is 0 Å². The summed E-state index contributed by atoms with van der Waals surface area (Å²) in [6.07, 6.45) is 2.20. The normalized spacial score (nSPS) is 22.2. The van der Waals surface area contributed by atoms with Crippen molar-refractivity contribution in [3.8, 4) is 0 Å². The van der Waals surface area contributed by atoms with Crippen LogP contribution in [-0.2, 0) is 0 Å². The van der Waals surface area contributed by atoms with Gasteiger partial charge in [-0.25, -0.2) is 0 Å². The van der Waals surface area contributed by atoms with Crippen LogP contribution in [0.2, 0.25) is 0 Å². The molecule has 2 nitrogen and oxygen atoms in total. The summed E-state index contributed by atoms with van der Waals surface area (Å²) in [5.41, 5.74) is 1.48. The molecular weight excluding hydrogens is 136 g/mol. The van der Waals surface area contributed by atoms with Crippen LogP contribution in [0.5, 0.6) is 0 Å². The Balaban J connectivity index is 2.24. The molecule has 0 radical (unpaired) electrons. The lowest BCUT2D eigenvalue weighted by molar-refractivity contribution is 0.259. The maximum absolute atomic E-state index is 3.34. The zero-order valence-corrected chi connectivity index (χ0v) is 7.56. The van der Waals surface area contributed by atoms with Crippen molar-refractivity contribution in [2.75, 3.05) is 32.7 Å². The predicted octanol–water partition coefficient (Wildman–Crippen LogP) is 0.858. The fourth-order valence-corrected chi connectivity index (χ4v) is 1.31. The first-order valence-electron chi connectivity index (χ1n) is 4.38. The van der Waals surface area contributed by atoms with E-state index in [0.29, 0.717) is 0 Å². The van der Waals surface area contributed by atoms with E-state index in [1.54, 1.807) is 0 Å². The molecule has 1 aliphatic rings. The standard InChI is InChI=1S/C9H18N2/c1-3-9(2)8-11-6-4-10-5-7-11/h3,10H,4-8H2,1-2H3. The number of nitrogens with zero attached hydrogens (tertiary/aromatic N) is 1. The molecule has 1 saturated heterocycles. The monoisotopic (exact) mass is 154 g/mol. The van der Waals surface area contributed by atoms with Crippen molar-refractivity contribution in [1.82, 2.24) is 10.2 Å². The Hall–Kier alpha value is -0.340. The maximum atomic E-state index is 3.34. The summed E-state index contributed by atoms with van der Waals surface area (Å²) in [5, 5.41) is 3.34. The van der Waals surface area contributed by atoms with Gasteiger partial charge >= 0.3 is 0 Å². The summed E-state index contributed by atoms with van der Waals surface area (Å²) < 4.78 is 0. The van der Waals surface area contributed by atoms with E-state index in [1.165, 1.54) is 18.7 Å². The first kappa shape index (κ1) is 8.75. The van der Waals surface area contributed by atoms with E-state index in [1.807, 2.05) is 0 Å². The third-order valence-corrected chi connectivity index (χ3v) is 2.18. The third kappa shape index (κ3) is 3.04. The number of hydrogen-bond donors (Lipinski definition) is 1. The van der Waals surface area contributed by atoms with E-state index >= 15 is 0 Å². The molecule has 0 aromatic heterocycles. The van der Waals surface area contributed by atoms with Crippen molar-refractivity contribution in [2.24, 2.45) is 0 Å². The highest BCUT2D eigenvalue weighted by Crippen LogP contribution is 1.98. The molecule has 0 spiro atoms. The van der Waals surface area contributed by atoms with E-state index in [2.05, 4.69) is 30.1 Å². The number of allylic oxidation sites excluding steroid dienone is 1. The molecule has 0 bridgehead atoms. The largest absolute Gasteiger partial charge is 0.314 e. The molecule has 0 aromatic rings. The lowest BCUT2D eigenvalue weighted by Crippen LogP contribution is -2.43. The van der Waals surface area contributed by atoms with E-state index in [4.69, 9.17) is 0 Å². The van der Waals surface area contributed by atoms with Crippen LogP contribution < -0.4 is 5.32 Å². The van der Waals surface area contributed by atoms with E-state index in [9.17, 15) is 0 Å². The van der Waals surface area contributed by atoms with Crippen molar-refractivity contribution in [3.63, 3.8) is 0 Å². The first-order chi connectivity index (χ1) is 5.33. The van der Waals surface area contributed by atoms with Crippen LogP contribution in [0.1, 0.15) is 13.8 Å². The van der Waals surface area contributed by atoms with Gasteiger partial charge in [-0.1, -0.05) is 11.6 Å². The smallest absolute Gasteiger partial charge is 0.0191 e. The van der Waals surface area contributed by atoms with Crippen LogP contribution >= 0.6 is 0 Å². The second kappa shape index (κ2) is 4.52. The Labute approximate surface area is 69.3 Å². The fourth-order valence-electron chi connectivity index (χ4n) is 1.31. The average molecular weight is 154 g/mol. The summed E-state index contributed by atoms with van der Waals surface area (Å²) in [6, 6.07) is 0. The first-order valence-corrected chi connectivity index (χ1v) is 4.38. The SMILES string of the molecule is CC=C(C)CN1CCNCC1. The van der Waals surface area contributed by atoms with Gasteiger partial charge in [-0.2, -0.15) is 0 Å². The van der Waals surface area contributed by atoms with Gasteiger partial charge in [-0.3, -0.25) is 4.90 Å². The second-order valence-corrected chi connectivity index (χ2v) is 3.16. The van der Waals surface area contributed by atoms with Gasteiger partial charge in [0.1, 0.15) is 0 Å². The van der Waals surface area contributed by atoms with Crippen molar-refractivity contribution in [2.45, 2.75) is 13.8 Å². The molecule has 1 fully saturated rings. The Kier molecular flexibility index (Phi) is 3.60. The number of piperazine rings is 1. The molecule has 1 rings (SSSR count). The summed E-state index contributed by atoms with van der Waals surface area (Å²) >= 11 is 0. The van der Waals surface area contributed by atoms with E-state index in [0.717, 1.165) is 19.6 Å². The predicted molar refractivity (Wildman–Crippen MR) is 48.7 cm³/mol. The van der Waals surface area contributed by atoms with Gasteiger partial charge in [0.2, 0.25) is 0 Å². The Morgan fingerprint density at radius 2 is 2.09 bits per heavy atom. The Morgan fingerprint density at radius 1 is 1.45 bits per heavy atom. The van der Waals surface area contributed by atoms with Gasteiger partial charge in [0.15, 0.2) is 0 Å². The molecule has 0 unspecified atom stereocenters. The molecule has 0 aliphatic carbocycles. The molecule has 0 aromatic carbocycles. The van der Waals surface area contributed by atoms with Crippen molar-refractivity contribution < 1.29 is 0 Å². The van der Waals surface area contributed by atoms with Gasteiger partial charge in [0.05, 0.1) is 0 Å². The van der Waals surface area contributed by atoms with Gasteiger partial charge in [-0.05, 0) is 13.8 Å². The summed E-state index contributed by atoms with van der Waals surface area (Å²) in [4.78, 5) is 2.49. The summed E-state index contributed by atoms with van der Waals surface area (Å²) in [5.74, 6) is 0. The highest BCUT2D eigenvalue weighted by atomic mass is 15.2. The molecule has 2 heteroatoms. The molecule has 11 heavy (non-hydrogen) atoms. The van der Waals surface area contributed by atoms with E-state index in [-0.39, 0.29) is 0 Å². The summed E-state index contributed by atoms with van der Waals surface area (Å²) in [6.45, 7) is 10.2. The second-order valence-electron chi connectivity index (χ2n) is 3.16. The lowest BCUT2D eigenvalue weighted by atomic mass is 10.2. The van der Waals surface area contributed by atoms with Crippen LogP contribution in [0.15, 0.2) is 11.6 Å². The number of rotatable bonds is 2. The van der Waals surface area contributed by atoms with Crippen molar-refractivity contribution in [1.29, 1.82) is 0 Å². The molecule has 1 N–H and O–H groups in total. The Bertz CT molecular complexity index is 134. The van der Waals surface area contributed by atoms with Gasteiger partial charge in [-0.15, -0.1) is 0 Å². The molecule has 0 saturated carbocycles. The Morgan fingerprint density at radius 3 is 2.64 bits per heavy atom. The highest BCUT2D eigenvalue weighted by molar-refractivity contribution is 4.98. The molecule has 1 heterocycles. The quantitative estimate of drug-likeness (QED) is 0.593. The number of hydrogen-bond acceptors (Lipinski definition) is 2. The van der Waals surface area contributed by atoms with Crippen LogP contribution in [0.25, 0.3) is 0 Å². The lowest BCUT2D eigenvalue weighted by Gasteiger charge is -2.27. The zero-order chi connectivity index (χ0) is 8.10. The minimum absolute atomic E-state index is 1.15. The highest BCUT2D eigenvalue weighted by Gasteiger charge is 2.08. The molecule has 1 aliphatic heterocycles. The average Bonchev–Trinajstić information content (AvgIpc) is 2.06. The summed E-state index contributed by atoms with van der Waals surface area (Å²) in [7, 11) is 0. The molecule has 0 amide bonds. The minimum Gasteiger partial charge on any atom is -0.314 e. The van der Waals surface area contributed by atoms with Crippen LogP contribution in [0, 0.1) is 0 Å². The van der Waals surface area contributed by atoms with E-state index < -0.39 is 0 Å². The molecule has 0 atom stereocenters.